The Morgan fingerprint density at radius 1 is 0.816 bits per heavy atom. The number of phenols is 4. The van der Waals surface area contributed by atoms with Crippen molar-refractivity contribution >= 4 is 30.4 Å². The first-order valence-electron chi connectivity index (χ1n) is 11.1. The van der Waals surface area contributed by atoms with Gasteiger partial charge in [-0.3, -0.25) is 0 Å². The standard InChI is InChI=1S/C25H24O11.CH4O/c26-13-25(34)11-20(31)24(36-23(33)8-4-15-2-6-17(28)19(30)10-15)21(12-25)35-22(32)7-3-14-1-5-16(27)18(29)9-14;1-2/h1-10,13,20-21,24,27-31,34H,11-12H2;2H,1H3/b7-3+,8-4+;. The van der Waals surface area contributed by atoms with Crippen LogP contribution >= 0.6 is 0 Å². The summed E-state index contributed by atoms with van der Waals surface area (Å²) in [4.78, 5) is 36.1. The summed E-state index contributed by atoms with van der Waals surface area (Å²) in [5.74, 6) is -3.39. The monoisotopic (exact) mass is 532 g/mol. The highest BCUT2D eigenvalue weighted by molar-refractivity contribution is 5.88. The van der Waals surface area contributed by atoms with E-state index in [0.29, 0.717) is 11.1 Å². The van der Waals surface area contributed by atoms with Crippen LogP contribution in [0.1, 0.15) is 24.0 Å². The molecule has 0 saturated heterocycles. The molecule has 12 heteroatoms. The van der Waals surface area contributed by atoms with Crippen molar-refractivity contribution in [3.05, 3.63) is 59.7 Å². The largest absolute Gasteiger partial charge is 0.504 e. The van der Waals surface area contributed by atoms with Crippen LogP contribution in [0.5, 0.6) is 23.0 Å². The predicted octanol–water partition coefficient (Wildman–Crippen LogP) is 0.752. The third-order valence-electron chi connectivity index (χ3n) is 5.42. The van der Waals surface area contributed by atoms with Gasteiger partial charge in [-0.25, -0.2) is 9.59 Å². The van der Waals surface area contributed by atoms with Gasteiger partial charge >= 0.3 is 11.9 Å². The maximum absolute atomic E-state index is 12.4. The zero-order valence-corrected chi connectivity index (χ0v) is 20.2. The summed E-state index contributed by atoms with van der Waals surface area (Å²) in [6.07, 6.45) is -0.533. The van der Waals surface area contributed by atoms with Crippen molar-refractivity contribution in [2.75, 3.05) is 7.11 Å². The fourth-order valence-electron chi connectivity index (χ4n) is 3.61. The van der Waals surface area contributed by atoms with Gasteiger partial charge in [0.25, 0.3) is 0 Å². The number of ether oxygens (including phenoxy) is 2. The lowest BCUT2D eigenvalue weighted by Crippen LogP contribution is -2.56. The Balaban J connectivity index is 0.00000247. The molecule has 1 fully saturated rings. The molecular formula is C26H28O12. The Labute approximate surface area is 216 Å². The number of aldehydes is 1. The average Bonchev–Trinajstić information content (AvgIpc) is 2.88. The molecule has 0 spiro atoms. The molecule has 4 atom stereocenters. The van der Waals surface area contributed by atoms with Gasteiger partial charge in [0.05, 0.1) is 6.10 Å². The topological polar surface area (TPSA) is 211 Å². The van der Waals surface area contributed by atoms with Gasteiger partial charge in [-0.15, -0.1) is 0 Å². The first-order valence-corrected chi connectivity index (χ1v) is 11.1. The summed E-state index contributed by atoms with van der Waals surface area (Å²) in [5, 5.41) is 65.6. The molecule has 3 rings (SSSR count). The Morgan fingerprint density at radius 2 is 1.29 bits per heavy atom. The number of hydrogen-bond donors (Lipinski definition) is 7. The molecule has 204 valence electrons. The number of rotatable bonds is 7. The van der Waals surface area contributed by atoms with Crippen molar-refractivity contribution in [2.24, 2.45) is 0 Å². The van der Waals surface area contributed by atoms with Crippen molar-refractivity contribution < 1.29 is 59.6 Å². The molecule has 0 bridgehead atoms. The van der Waals surface area contributed by atoms with Crippen LogP contribution in [-0.2, 0) is 23.9 Å². The molecular weight excluding hydrogens is 504 g/mol. The van der Waals surface area contributed by atoms with Crippen molar-refractivity contribution in [1.29, 1.82) is 0 Å². The minimum absolute atomic E-state index is 0.210. The number of phenolic OH excluding ortho intramolecular Hbond substituents is 4. The zero-order valence-electron chi connectivity index (χ0n) is 20.2. The summed E-state index contributed by atoms with van der Waals surface area (Å²) in [6, 6.07) is 7.66. The molecule has 7 N–H and O–H groups in total. The van der Waals surface area contributed by atoms with Crippen LogP contribution in [0.2, 0.25) is 0 Å². The number of carbonyl (C=O) groups is 3. The van der Waals surface area contributed by atoms with Crippen LogP contribution in [0.4, 0.5) is 0 Å². The summed E-state index contributed by atoms with van der Waals surface area (Å²) in [7, 11) is 1.00. The van der Waals surface area contributed by atoms with E-state index >= 15 is 0 Å². The number of esters is 2. The molecule has 1 aliphatic rings. The number of aliphatic hydroxyl groups is 3. The maximum atomic E-state index is 12.4. The predicted molar refractivity (Wildman–Crippen MR) is 132 cm³/mol. The van der Waals surface area contributed by atoms with E-state index in [0.717, 1.165) is 19.3 Å². The van der Waals surface area contributed by atoms with Gasteiger partial charge in [-0.1, -0.05) is 12.1 Å². The molecule has 12 nitrogen and oxygen atoms in total. The highest BCUT2D eigenvalue weighted by Crippen LogP contribution is 2.32. The van der Waals surface area contributed by atoms with Gasteiger partial charge in [0, 0.05) is 32.1 Å². The van der Waals surface area contributed by atoms with E-state index in [4.69, 9.17) is 14.6 Å². The van der Waals surface area contributed by atoms with Crippen LogP contribution in [0.15, 0.2) is 48.6 Å². The lowest BCUT2D eigenvalue weighted by atomic mass is 9.80. The van der Waals surface area contributed by atoms with E-state index in [1.807, 2.05) is 0 Å². The third kappa shape index (κ3) is 8.06. The fourth-order valence-corrected chi connectivity index (χ4v) is 3.61. The second kappa shape index (κ2) is 13.2. The first-order chi connectivity index (χ1) is 18.0. The van der Waals surface area contributed by atoms with Gasteiger partial charge in [0.2, 0.25) is 0 Å². The van der Waals surface area contributed by atoms with Crippen molar-refractivity contribution in [3.8, 4) is 23.0 Å². The van der Waals surface area contributed by atoms with Gasteiger partial charge in [-0.05, 0) is 47.5 Å². The lowest BCUT2D eigenvalue weighted by molar-refractivity contribution is -0.194. The lowest BCUT2D eigenvalue weighted by Gasteiger charge is -2.40. The molecule has 0 radical (unpaired) electrons. The Kier molecular flexibility index (Phi) is 10.4. The molecule has 0 heterocycles. The van der Waals surface area contributed by atoms with E-state index in [2.05, 4.69) is 0 Å². The fraction of sp³-hybridized carbons (Fsp3) is 0.269. The highest BCUT2D eigenvalue weighted by atomic mass is 16.6. The summed E-state index contributed by atoms with van der Waals surface area (Å²) in [5.41, 5.74) is -1.31. The van der Waals surface area contributed by atoms with E-state index in [9.17, 15) is 45.0 Å². The highest BCUT2D eigenvalue weighted by Gasteiger charge is 2.48. The van der Waals surface area contributed by atoms with Crippen LogP contribution in [-0.4, -0.2) is 85.0 Å². The van der Waals surface area contributed by atoms with Crippen molar-refractivity contribution in [1.82, 2.24) is 0 Å². The minimum Gasteiger partial charge on any atom is -0.504 e. The molecule has 0 aromatic heterocycles. The molecule has 38 heavy (non-hydrogen) atoms. The Morgan fingerprint density at radius 3 is 1.74 bits per heavy atom. The van der Waals surface area contributed by atoms with Gasteiger partial charge < -0.3 is 50.0 Å². The number of aliphatic hydroxyl groups excluding tert-OH is 2. The van der Waals surface area contributed by atoms with Crippen LogP contribution in [0, 0.1) is 0 Å². The molecule has 0 amide bonds. The smallest absolute Gasteiger partial charge is 0.331 e. The molecule has 1 aliphatic carbocycles. The Hall–Kier alpha value is -4.39. The van der Waals surface area contributed by atoms with Crippen molar-refractivity contribution in [2.45, 2.75) is 36.8 Å². The quantitative estimate of drug-likeness (QED) is 0.114. The molecule has 0 aliphatic heterocycles. The second-order valence-corrected chi connectivity index (χ2v) is 8.24. The normalized spacial score (nSPS) is 22.9. The molecule has 1 saturated carbocycles. The SMILES string of the molecule is CO.O=CC1(O)CC(O)C(OC(=O)/C=C/c2ccc(O)c(O)c2)C(OC(=O)/C=C/c2ccc(O)c(O)c2)C1. The summed E-state index contributed by atoms with van der Waals surface area (Å²) < 4.78 is 10.5. The number of aromatic hydroxyl groups is 4. The van der Waals surface area contributed by atoms with E-state index < -0.39 is 60.2 Å². The summed E-state index contributed by atoms with van der Waals surface area (Å²) >= 11 is 0. The molecule has 4 unspecified atom stereocenters. The number of benzene rings is 2. The van der Waals surface area contributed by atoms with Gasteiger partial charge in [0.15, 0.2) is 35.4 Å². The van der Waals surface area contributed by atoms with E-state index in [1.54, 1.807) is 0 Å². The number of carbonyl (C=O) groups excluding carboxylic acids is 3. The van der Waals surface area contributed by atoms with Crippen molar-refractivity contribution in [3.63, 3.8) is 0 Å². The third-order valence-corrected chi connectivity index (χ3v) is 5.42. The molecule has 2 aromatic rings. The minimum atomic E-state index is -2.01. The molecule has 2 aromatic carbocycles. The second-order valence-electron chi connectivity index (χ2n) is 8.24. The zero-order chi connectivity index (χ0) is 28.5. The summed E-state index contributed by atoms with van der Waals surface area (Å²) in [6.45, 7) is 0. The van der Waals surface area contributed by atoms with Crippen LogP contribution < -0.4 is 0 Å². The van der Waals surface area contributed by atoms with E-state index in [1.165, 1.54) is 48.6 Å². The average molecular weight is 532 g/mol. The Bertz CT molecular complexity index is 1200. The van der Waals surface area contributed by atoms with Gasteiger partial charge in [0.1, 0.15) is 11.7 Å². The first kappa shape index (κ1) is 29.8. The number of hydrogen-bond acceptors (Lipinski definition) is 12. The van der Waals surface area contributed by atoms with Crippen LogP contribution in [0.25, 0.3) is 12.2 Å². The maximum Gasteiger partial charge on any atom is 0.331 e. The van der Waals surface area contributed by atoms with E-state index in [-0.39, 0.29) is 17.8 Å². The van der Waals surface area contributed by atoms with Crippen LogP contribution in [0.3, 0.4) is 0 Å². The van der Waals surface area contributed by atoms with Gasteiger partial charge in [-0.2, -0.15) is 0 Å².